The van der Waals surface area contributed by atoms with Crippen molar-refractivity contribution in [3.63, 3.8) is 0 Å². The van der Waals surface area contributed by atoms with Gasteiger partial charge in [-0.05, 0) is 25.2 Å². The van der Waals surface area contributed by atoms with E-state index in [1.54, 1.807) is 0 Å². The molecule has 2 unspecified atom stereocenters. The van der Waals surface area contributed by atoms with Crippen LogP contribution in [0.25, 0.3) is 0 Å². The Morgan fingerprint density at radius 2 is 1.82 bits per heavy atom. The van der Waals surface area contributed by atoms with E-state index in [2.05, 4.69) is 0 Å². The Hall–Kier alpha value is -1.95. The summed E-state index contributed by atoms with van der Waals surface area (Å²) < 4.78 is 0. The smallest absolute Gasteiger partial charge is 0.307 e. The lowest BCUT2D eigenvalue weighted by Crippen LogP contribution is -2.25. The van der Waals surface area contributed by atoms with Crippen LogP contribution in [-0.4, -0.2) is 32.9 Å². The van der Waals surface area contributed by atoms with E-state index in [1.165, 1.54) is 12.1 Å². The van der Waals surface area contributed by atoms with Gasteiger partial charge in [-0.25, -0.2) is 0 Å². The molecule has 1 aromatic rings. The second-order valence-corrected chi connectivity index (χ2v) is 5.64. The third-order valence-corrected chi connectivity index (χ3v) is 4.06. The molecule has 0 saturated carbocycles. The highest BCUT2D eigenvalue weighted by molar-refractivity contribution is 5.70. The highest BCUT2D eigenvalue weighted by Crippen LogP contribution is 2.33. The molecule has 2 atom stereocenters. The van der Waals surface area contributed by atoms with Gasteiger partial charge in [-0.1, -0.05) is 19.8 Å². The number of carboxylic acid groups (broad SMARTS) is 1. The van der Waals surface area contributed by atoms with Crippen molar-refractivity contribution in [3.05, 3.63) is 17.7 Å². The highest BCUT2D eigenvalue weighted by atomic mass is 16.4. The minimum Gasteiger partial charge on any atom is -0.508 e. The molecule has 0 spiro atoms. The summed E-state index contributed by atoms with van der Waals surface area (Å²) in [6.07, 6.45) is 3.36. The van der Waals surface area contributed by atoms with Crippen LogP contribution in [0.2, 0.25) is 0 Å². The molecule has 0 aromatic heterocycles. The van der Waals surface area contributed by atoms with E-state index in [9.17, 15) is 20.1 Å². The Labute approximate surface area is 130 Å². The van der Waals surface area contributed by atoms with Gasteiger partial charge in [-0.2, -0.15) is 0 Å². The van der Waals surface area contributed by atoms with Gasteiger partial charge < -0.3 is 26.2 Å². The first-order valence-corrected chi connectivity index (χ1v) is 7.55. The molecule has 0 aliphatic heterocycles. The number of benzene rings is 1. The van der Waals surface area contributed by atoms with Crippen LogP contribution in [-0.2, 0) is 11.2 Å². The second kappa shape index (κ2) is 8.48. The Balaban J connectivity index is 2.56. The summed E-state index contributed by atoms with van der Waals surface area (Å²) in [7, 11) is 0. The summed E-state index contributed by atoms with van der Waals surface area (Å²) in [6.45, 7) is 2.14. The lowest BCUT2D eigenvalue weighted by atomic mass is 9.88. The molecular weight excluding hydrogens is 286 g/mol. The largest absolute Gasteiger partial charge is 0.508 e. The van der Waals surface area contributed by atoms with Crippen LogP contribution in [0.4, 0.5) is 0 Å². The Morgan fingerprint density at radius 1 is 1.23 bits per heavy atom. The van der Waals surface area contributed by atoms with E-state index in [0.29, 0.717) is 24.8 Å². The van der Waals surface area contributed by atoms with Crippen molar-refractivity contribution in [2.24, 2.45) is 17.6 Å². The van der Waals surface area contributed by atoms with Gasteiger partial charge in [0, 0.05) is 24.2 Å². The number of nitrogens with two attached hydrogens (primary N) is 1. The van der Waals surface area contributed by atoms with Crippen LogP contribution < -0.4 is 5.73 Å². The minimum absolute atomic E-state index is 0.129. The predicted octanol–water partition coefficient (Wildman–Crippen LogP) is 2.20. The van der Waals surface area contributed by atoms with Crippen molar-refractivity contribution in [2.75, 3.05) is 6.54 Å². The van der Waals surface area contributed by atoms with E-state index in [0.717, 1.165) is 12.8 Å². The van der Waals surface area contributed by atoms with Gasteiger partial charge in [0.05, 0.1) is 5.92 Å². The van der Waals surface area contributed by atoms with E-state index in [4.69, 9.17) is 10.8 Å². The van der Waals surface area contributed by atoms with Crippen molar-refractivity contribution >= 4 is 5.97 Å². The standard InChI is InChI=1S/C16H25NO5/c1-2-10(6-11(9-17)16(21)22)4-3-5-13-14(19)7-12(18)8-15(13)20/h7-8,10-11,18-20H,2-6,9,17H2,1H3,(H,21,22). The second-order valence-electron chi connectivity index (χ2n) is 5.64. The molecule has 6 nitrogen and oxygen atoms in total. The van der Waals surface area contributed by atoms with Crippen molar-refractivity contribution in [1.82, 2.24) is 0 Å². The van der Waals surface area contributed by atoms with E-state index in [-0.39, 0.29) is 29.7 Å². The molecular formula is C16H25NO5. The maximum atomic E-state index is 11.0. The van der Waals surface area contributed by atoms with E-state index in [1.807, 2.05) is 6.92 Å². The van der Waals surface area contributed by atoms with Gasteiger partial charge in [0.15, 0.2) is 0 Å². The van der Waals surface area contributed by atoms with Gasteiger partial charge in [0.2, 0.25) is 0 Å². The number of hydrogen-bond acceptors (Lipinski definition) is 5. The zero-order chi connectivity index (χ0) is 16.7. The predicted molar refractivity (Wildman–Crippen MR) is 83.0 cm³/mol. The first kappa shape index (κ1) is 18.1. The zero-order valence-electron chi connectivity index (χ0n) is 12.8. The summed E-state index contributed by atoms with van der Waals surface area (Å²) >= 11 is 0. The molecule has 1 rings (SSSR count). The fourth-order valence-corrected chi connectivity index (χ4v) is 2.64. The van der Waals surface area contributed by atoms with E-state index < -0.39 is 11.9 Å². The number of rotatable bonds is 9. The van der Waals surface area contributed by atoms with Crippen LogP contribution in [0.15, 0.2) is 12.1 Å². The third-order valence-electron chi connectivity index (χ3n) is 4.06. The van der Waals surface area contributed by atoms with Crippen LogP contribution >= 0.6 is 0 Å². The molecule has 6 N–H and O–H groups in total. The average molecular weight is 311 g/mol. The number of hydrogen-bond donors (Lipinski definition) is 5. The topological polar surface area (TPSA) is 124 Å². The molecule has 0 saturated heterocycles. The lowest BCUT2D eigenvalue weighted by molar-refractivity contribution is -0.142. The Bertz CT molecular complexity index is 480. The highest BCUT2D eigenvalue weighted by Gasteiger charge is 2.20. The van der Waals surface area contributed by atoms with Gasteiger partial charge >= 0.3 is 5.97 Å². The van der Waals surface area contributed by atoms with Crippen molar-refractivity contribution in [3.8, 4) is 17.2 Å². The summed E-state index contributed by atoms with van der Waals surface area (Å²) in [6, 6.07) is 2.39. The maximum Gasteiger partial charge on any atom is 0.307 e. The lowest BCUT2D eigenvalue weighted by Gasteiger charge is -2.19. The molecule has 124 valence electrons. The van der Waals surface area contributed by atoms with Crippen LogP contribution in [0.3, 0.4) is 0 Å². The molecule has 0 aliphatic rings. The van der Waals surface area contributed by atoms with Crippen LogP contribution in [0.1, 0.15) is 38.2 Å². The summed E-state index contributed by atoms with van der Waals surface area (Å²) in [4.78, 5) is 11.0. The number of carbonyl (C=O) groups is 1. The third kappa shape index (κ3) is 5.11. The van der Waals surface area contributed by atoms with Crippen molar-refractivity contribution < 1.29 is 25.2 Å². The number of phenols is 3. The fourth-order valence-electron chi connectivity index (χ4n) is 2.64. The monoisotopic (exact) mass is 311 g/mol. The average Bonchev–Trinajstić information content (AvgIpc) is 2.44. The molecule has 0 radical (unpaired) electrons. The first-order chi connectivity index (χ1) is 10.4. The summed E-state index contributed by atoms with van der Waals surface area (Å²) in [5, 5.41) is 37.8. The van der Waals surface area contributed by atoms with E-state index >= 15 is 0 Å². The Kier molecular flexibility index (Phi) is 6.98. The Morgan fingerprint density at radius 3 is 2.27 bits per heavy atom. The molecule has 0 heterocycles. The number of carboxylic acids is 1. The number of aliphatic carboxylic acids is 1. The molecule has 0 aliphatic carbocycles. The minimum atomic E-state index is -0.866. The van der Waals surface area contributed by atoms with Gasteiger partial charge in [-0.3, -0.25) is 4.79 Å². The number of phenolic OH excluding ortho intramolecular Hbond substituents is 3. The molecule has 0 bridgehead atoms. The number of aromatic hydroxyl groups is 3. The maximum absolute atomic E-state index is 11.0. The summed E-state index contributed by atoms with van der Waals surface area (Å²) in [5.74, 6) is -1.59. The molecule has 22 heavy (non-hydrogen) atoms. The molecule has 0 amide bonds. The zero-order valence-corrected chi connectivity index (χ0v) is 12.8. The summed E-state index contributed by atoms with van der Waals surface area (Å²) in [5.41, 5.74) is 5.88. The SMILES string of the molecule is CCC(CCCc1c(O)cc(O)cc1O)CC(CN)C(=O)O. The van der Waals surface area contributed by atoms with Gasteiger partial charge in [-0.15, -0.1) is 0 Å². The molecule has 0 fully saturated rings. The first-order valence-electron chi connectivity index (χ1n) is 7.55. The van der Waals surface area contributed by atoms with Crippen LogP contribution in [0, 0.1) is 11.8 Å². The molecule has 1 aromatic carbocycles. The fraction of sp³-hybridized carbons (Fsp3) is 0.562. The normalized spacial score (nSPS) is 13.7. The molecule has 6 heteroatoms. The van der Waals surface area contributed by atoms with Gasteiger partial charge in [0.25, 0.3) is 0 Å². The van der Waals surface area contributed by atoms with Gasteiger partial charge in [0.1, 0.15) is 17.2 Å². The van der Waals surface area contributed by atoms with Crippen LogP contribution in [0.5, 0.6) is 17.2 Å². The quantitative estimate of drug-likeness (QED) is 0.476. The van der Waals surface area contributed by atoms with Crippen molar-refractivity contribution in [1.29, 1.82) is 0 Å². The van der Waals surface area contributed by atoms with Crippen molar-refractivity contribution in [2.45, 2.75) is 39.0 Å².